The van der Waals surface area contributed by atoms with Crippen molar-refractivity contribution in [3.63, 3.8) is 0 Å². The molecule has 4 rings (SSSR count). The van der Waals surface area contributed by atoms with E-state index in [0.717, 1.165) is 11.1 Å². The third kappa shape index (κ3) is 3.95. The van der Waals surface area contributed by atoms with E-state index < -0.39 is 5.92 Å². The first kappa shape index (κ1) is 22.2. The first-order chi connectivity index (χ1) is 15.4. The molecule has 0 radical (unpaired) electrons. The zero-order valence-electron chi connectivity index (χ0n) is 18.0. The molecule has 1 heterocycles. The number of phenols is 1. The topological polar surface area (TPSA) is 94.1 Å². The standard InChI is InChI=1S/C24H24BrNO6/c1-30-19-5-4-12(9-20(19)31-2)13-7-17-23(18(27)8-13)15(11-22(28)26-17)14-6-16(25)24(29)21(10-14)32-3/h4-6,9-10,13,15,29H,7-8,11H2,1-3H3,(H,26,28)/t13-,15+/m1/s1. The van der Waals surface area contributed by atoms with Crippen LogP contribution in [0, 0.1) is 0 Å². The van der Waals surface area contributed by atoms with Crippen LogP contribution in [0.25, 0.3) is 0 Å². The van der Waals surface area contributed by atoms with E-state index in [1.54, 1.807) is 26.4 Å². The molecule has 0 fully saturated rings. The molecule has 0 aromatic heterocycles. The molecule has 2 atom stereocenters. The molecule has 32 heavy (non-hydrogen) atoms. The second-order valence-corrected chi connectivity index (χ2v) is 8.75. The lowest BCUT2D eigenvalue weighted by Gasteiger charge is -2.34. The third-order valence-corrected chi connectivity index (χ3v) is 6.69. The summed E-state index contributed by atoms with van der Waals surface area (Å²) in [5.74, 6) is 0.865. The highest BCUT2D eigenvalue weighted by molar-refractivity contribution is 9.10. The summed E-state index contributed by atoms with van der Waals surface area (Å²) < 4.78 is 16.4. The van der Waals surface area contributed by atoms with E-state index in [9.17, 15) is 14.7 Å². The normalized spacial score (nSPS) is 20.5. The summed E-state index contributed by atoms with van der Waals surface area (Å²) in [4.78, 5) is 25.9. The fourth-order valence-corrected chi connectivity index (χ4v) is 5.00. The maximum absolute atomic E-state index is 13.3. The van der Waals surface area contributed by atoms with Crippen LogP contribution in [0.1, 0.15) is 42.2 Å². The number of Topliss-reactive ketones (excluding diaryl/α,β-unsaturated/α-hetero) is 1. The number of ether oxygens (including phenoxy) is 3. The van der Waals surface area contributed by atoms with Crippen molar-refractivity contribution >= 4 is 27.6 Å². The second-order valence-electron chi connectivity index (χ2n) is 7.89. The molecular weight excluding hydrogens is 478 g/mol. The predicted octanol–water partition coefficient (Wildman–Crippen LogP) is 4.18. The summed E-state index contributed by atoms with van der Waals surface area (Å²) in [7, 11) is 4.61. The van der Waals surface area contributed by atoms with Crippen LogP contribution >= 0.6 is 15.9 Å². The van der Waals surface area contributed by atoms with Crippen molar-refractivity contribution in [2.45, 2.75) is 31.1 Å². The molecule has 1 amide bonds. The average molecular weight is 502 g/mol. The molecule has 8 heteroatoms. The number of aromatic hydroxyl groups is 1. The van der Waals surface area contributed by atoms with E-state index in [1.807, 2.05) is 18.2 Å². The van der Waals surface area contributed by atoms with Gasteiger partial charge in [-0.25, -0.2) is 0 Å². The SMILES string of the molecule is COc1ccc([C@H]2CC(=O)C3=C(C2)NC(=O)C[C@H]3c2cc(Br)c(O)c(OC)c2)cc1OC. The Morgan fingerprint density at radius 2 is 1.59 bits per heavy atom. The van der Waals surface area contributed by atoms with Crippen LogP contribution in [-0.4, -0.2) is 38.1 Å². The van der Waals surface area contributed by atoms with Gasteiger partial charge in [0.2, 0.25) is 5.91 Å². The van der Waals surface area contributed by atoms with E-state index >= 15 is 0 Å². The Labute approximate surface area is 194 Å². The number of nitrogens with one attached hydrogen (secondary N) is 1. The number of allylic oxidation sites excluding steroid dienone is 2. The Bertz CT molecular complexity index is 1130. The number of halogens is 1. The lowest BCUT2D eigenvalue weighted by molar-refractivity contribution is -0.122. The minimum Gasteiger partial charge on any atom is -0.503 e. The smallest absolute Gasteiger partial charge is 0.225 e. The van der Waals surface area contributed by atoms with Crippen molar-refractivity contribution in [3.8, 4) is 23.0 Å². The first-order valence-electron chi connectivity index (χ1n) is 10.2. The third-order valence-electron chi connectivity index (χ3n) is 6.09. The monoisotopic (exact) mass is 501 g/mol. The van der Waals surface area contributed by atoms with Crippen molar-refractivity contribution < 1.29 is 28.9 Å². The molecule has 2 N–H and O–H groups in total. The van der Waals surface area contributed by atoms with Crippen LogP contribution in [0.3, 0.4) is 0 Å². The quantitative estimate of drug-likeness (QED) is 0.637. The molecule has 0 spiro atoms. The highest BCUT2D eigenvalue weighted by Gasteiger charge is 2.38. The Morgan fingerprint density at radius 3 is 2.28 bits per heavy atom. The van der Waals surface area contributed by atoms with E-state index in [-0.39, 0.29) is 35.5 Å². The summed E-state index contributed by atoms with van der Waals surface area (Å²) in [5, 5.41) is 13.1. The summed E-state index contributed by atoms with van der Waals surface area (Å²) in [6, 6.07) is 9.05. The number of methoxy groups -OCH3 is 3. The molecule has 1 aliphatic heterocycles. The van der Waals surface area contributed by atoms with E-state index in [1.165, 1.54) is 7.11 Å². The second kappa shape index (κ2) is 8.86. The first-order valence-corrected chi connectivity index (χ1v) is 11.0. The zero-order valence-corrected chi connectivity index (χ0v) is 19.6. The number of ketones is 1. The Morgan fingerprint density at radius 1 is 0.906 bits per heavy atom. The number of rotatable bonds is 5. The molecule has 0 saturated carbocycles. The van der Waals surface area contributed by atoms with Crippen molar-refractivity contribution in [2.75, 3.05) is 21.3 Å². The van der Waals surface area contributed by atoms with Gasteiger partial charge in [0.15, 0.2) is 28.8 Å². The maximum atomic E-state index is 13.3. The minimum atomic E-state index is -0.400. The van der Waals surface area contributed by atoms with Crippen LogP contribution in [0.4, 0.5) is 0 Å². The molecule has 0 unspecified atom stereocenters. The lowest BCUT2D eigenvalue weighted by Crippen LogP contribution is -2.38. The van der Waals surface area contributed by atoms with Gasteiger partial charge in [-0.05, 0) is 63.7 Å². The van der Waals surface area contributed by atoms with E-state index in [2.05, 4.69) is 21.2 Å². The molecule has 2 aromatic carbocycles. The average Bonchev–Trinajstić information content (AvgIpc) is 2.79. The number of phenolic OH excluding ortho intramolecular Hbond substituents is 1. The van der Waals surface area contributed by atoms with Gasteiger partial charge in [0.05, 0.1) is 25.8 Å². The zero-order chi connectivity index (χ0) is 23.0. The van der Waals surface area contributed by atoms with Gasteiger partial charge in [-0.15, -0.1) is 0 Å². The van der Waals surface area contributed by atoms with E-state index in [4.69, 9.17) is 14.2 Å². The van der Waals surface area contributed by atoms with Gasteiger partial charge in [0.1, 0.15) is 0 Å². The molecule has 7 nitrogen and oxygen atoms in total. The molecule has 168 valence electrons. The van der Waals surface area contributed by atoms with Gasteiger partial charge < -0.3 is 24.6 Å². The number of benzene rings is 2. The van der Waals surface area contributed by atoms with Crippen molar-refractivity contribution in [1.82, 2.24) is 5.32 Å². The van der Waals surface area contributed by atoms with Crippen LogP contribution < -0.4 is 19.5 Å². The van der Waals surface area contributed by atoms with Crippen LogP contribution in [0.15, 0.2) is 46.1 Å². The Hall–Kier alpha value is -3.00. The number of amides is 1. The maximum Gasteiger partial charge on any atom is 0.225 e. The molecular formula is C24H24BrNO6. The van der Waals surface area contributed by atoms with E-state index in [0.29, 0.717) is 40.1 Å². The largest absolute Gasteiger partial charge is 0.503 e. The highest BCUT2D eigenvalue weighted by atomic mass is 79.9. The van der Waals surface area contributed by atoms with Gasteiger partial charge in [-0.2, -0.15) is 0 Å². The molecule has 2 aliphatic rings. The van der Waals surface area contributed by atoms with Gasteiger partial charge in [-0.1, -0.05) is 6.07 Å². The fourth-order valence-electron chi connectivity index (χ4n) is 4.54. The van der Waals surface area contributed by atoms with Crippen molar-refractivity contribution in [3.05, 3.63) is 57.2 Å². The van der Waals surface area contributed by atoms with Gasteiger partial charge >= 0.3 is 0 Å². The summed E-state index contributed by atoms with van der Waals surface area (Å²) in [6.07, 6.45) is 1.03. The predicted molar refractivity (Wildman–Crippen MR) is 121 cm³/mol. The highest BCUT2D eigenvalue weighted by Crippen LogP contribution is 2.46. The summed E-state index contributed by atoms with van der Waals surface area (Å²) >= 11 is 3.33. The Kier molecular flexibility index (Phi) is 6.15. The molecule has 0 bridgehead atoms. The number of hydrogen-bond acceptors (Lipinski definition) is 6. The van der Waals surface area contributed by atoms with Gasteiger partial charge in [0, 0.05) is 30.0 Å². The van der Waals surface area contributed by atoms with Crippen molar-refractivity contribution in [2.24, 2.45) is 0 Å². The van der Waals surface area contributed by atoms with Crippen LogP contribution in [0.2, 0.25) is 0 Å². The number of carbonyl (C=O) groups is 2. The number of hydrogen-bond donors (Lipinski definition) is 2. The number of carbonyl (C=O) groups excluding carboxylic acids is 2. The summed E-state index contributed by atoms with van der Waals surface area (Å²) in [5.41, 5.74) is 2.98. The minimum absolute atomic E-state index is 0.000742. The Balaban J connectivity index is 1.72. The van der Waals surface area contributed by atoms with Crippen LogP contribution in [-0.2, 0) is 9.59 Å². The molecule has 2 aromatic rings. The summed E-state index contributed by atoms with van der Waals surface area (Å²) in [6.45, 7) is 0. The van der Waals surface area contributed by atoms with Gasteiger partial charge in [0.25, 0.3) is 0 Å². The molecule has 0 saturated heterocycles. The van der Waals surface area contributed by atoms with Crippen LogP contribution in [0.5, 0.6) is 23.0 Å². The fraction of sp³-hybridized carbons (Fsp3) is 0.333. The van der Waals surface area contributed by atoms with Gasteiger partial charge in [-0.3, -0.25) is 9.59 Å². The van der Waals surface area contributed by atoms with Crippen molar-refractivity contribution in [1.29, 1.82) is 0 Å². The lowest BCUT2D eigenvalue weighted by atomic mass is 9.73. The molecule has 1 aliphatic carbocycles.